The molecule has 0 radical (unpaired) electrons. The van der Waals surface area contributed by atoms with E-state index in [4.69, 9.17) is 9.47 Å². The average molecular weight is 435 g/mol. The summed E-state index contributed by atoms with van der Waals surface area (Å²) in [5.41, 5.74) is -0.700. The quantitative estimate of drug-likeness (QED) is 0.559. The molecular formula is C22H24F3N3O3. The number of ether oxygens (including phenoxy) is 2. The second kappa shape index (κ2) is 8.58. The number of alkyl halides is 3. The fourth-order valence-corrected chi connectivity index (χ4v) is 2.96. The van der Waals surface area contributed by atoms with Crippen LogP contribution in [0.1, 0.15) is 30.8 Å². The van der Waals surface area contributed by atoms with Crippen molar-refractivity contribution in [3.8, 4) is 11.5 Å². The molecule has 0 aliphatic heterocycles. The molecule has 0 saturated carbocycles. The van der Waals surface area contributed by atoms with Crippen molar-refractivity contribution in [1.82, 2.24) is 9.97 Å². The Labute approximate surface area is 178 Å². The summed E-state index contributed by atoms with van der Waals surface area (Å²) in [7, 11) is 1.50. The number of hydrogen-bond donors (Lipinski definition) is 2. The van der Waals surface area contributed by atoms with E-state index in [0.717, 1.165) is 12.1 Å². The third kappa shape index (κ3) is 5.75. The van der Waals surface area contributed by atoms with E-state index in [1.165, 1.54) is 13.2 Å². The first-order valence-corrected chi connectivity index (χ1v) is 9.58. The van der Waals surface area contributed by atoms with Crippen LogP contribution in [0.25, 0.3) is 10.9 Å². The molecule has 0 bridgehead atoms. The van der Waals surface area contributed by atoms with E-state index in [1.807, 2.05) is 0 Å². The number of rotatable bonds is 7. The van der Waals surface area contributed by atoms with Crippen molar-refractivity contribution in [1.29, 1.82) is 0 Å². The van der Waals surface area contributed by atoms with Crippen LogP contribution in [0.5, 0.6) is 11.5 Å². The van der Waals surface area contributed by atoms with Gasteiger partial charge in [-0.1, -0.05) is 12.1 Å². The zero-order valence-corrected chi connectivity index (χ0v) is 17.7. The third-order valence-electron chi connectivity index (χ3n) is 4.39. The average Bonchev–Trinajstić information content (AvgIpc) is 2.68. The number of fused-ring (bicyclic) bond motifs is 1. The highest BCUT2D eigenvalue weighted by atomic mass is 19.4. The van der Waals surface area contributed by atoms with Gasteiger partial charge in [0.25, 0.3) is 0 Å². The van der Waals surface area contributed by atoms with Crippen molar-refractivity contribution in [3.05, 3.63) is 53.3 Å². The summed E-state index contributed by atoms with van der Waals surface area (Å²) in [6.07, 6.45) is -4.41. The van der Waals surface area contributed by atoms with Crippen LogP contribution in [-0.4, -0.2) is 34.4 Å². The molecule has 31 heavy (non-hydrogen) atoms. The molecule has 0 spiro atoms. The van der Waals surface area contributed by atoms with Crippen molar-refractivity contribution in [2.24, 2.45) is 0 Å². The van der Waals surface area contributed by atoms with Crippen LogP contribution in [0.15, 0.2) is 36.4 Å². The van der Waals surface area contributed by atoms with E-state index < -0.39 is 17.3 Å². The van der Waals surface area contributed by atoms with Crippen LogP contribution in [0.2, 0.25) is 0 Å². The van der Waals surface area contributed by atoms with Gasteiger partial charge in [0.1, 0.15) is 18.2 Å². The predicted octanol–water partition coefficient (Wildman–Crippen LogP) is 4.73. The zero-order chi connectivity index (χ0) is 22.8. The summed E-state index contributed by atoms with van der Waals surface area (Å²) in [4.78, 5) is 8.81. The number of methoxy groups -OCH3 is 1. The SMILES string of the molecule is COc1cc2nc(C)nc(NCc3cccc(C(F)(F)F)c3)c2cc1OCC(C)(C)O. The van der Waals surface area contributed by atoms with Crippen LogP contribution in [0.4, 0.5) is 19.0 Å². The lowest BCUT2D eigenvalue weighted by Crippen LogP contribution is -2.28. The van der Waals surface area contributed by atoms with Crippen LogP contribution in [-0.2, 0) is 12.7 Å². The first-order valence-electron chi connectivity index (χ1n) is 9.58. The van der Waals surface area contributed by atoms with E-state index in [9.17, 15) is 18.3 Å². The van der Waals surface area contributed by atoms with E-state index in [0.29, 0.717) is 39.6 Å². The summed E-state index contributed by atoms with van der Waals surface area (Å²) in [6, 6.07) is 8.50. The summed E-state index contributed by atoms with van der Waals surface area (Å²) in [5.74, 6) is 1.78. The minimum absolute atomic E-state index is 0.0363. The number of halogens is 3. The Balaban J connectivity index is 1.94. The van der Waals surface area contributed by atoms with Gasteiger partial charge in [-0.3, -0.25) is 0 Å². The number of hydrogen-bond acceptors (Lipinski definition) is 6. The molecule has 9 heteroatoms. The van der Waals surface area contributed by atoms with Crippen LogP contribution in [0, 0.1) is 6.92 Å². The molecule has 3 rings (SSSR count). The molecule has 0 aliphatic rings. The Bertz CT molecular complexity index is 1080. The lowest BCUT2D eigenvalue weighted by molar-refractivity contribution is -0.137. The Kier molecular flexibility index (Phi) is 6.26. The van der Waals surface area contributed by atoms with Crippen molar-refractivity contribution < 1.29 is 27.8 Å². The standard InChI is InChI=1S/C22H24F3N3O3/c1-13-27-17-10-18(30-4)19(31-12-21(2,3)29)9-16(17)20(28-13)26-11-14-6-5-7-15(8-14)22(23,24)25/h5-10,29H,11-12H2,1-4H3,(H,26,27,28). The minimum Gasteiger partial charge on any atom is -0.493 e. The molecule has 0 fully saturated rings. The lowest BCUT2D eigenvalue weighted by Gasteiger charge is -2.20. The molecule has 6 nitrogen and oxygen atoms in total. The van der Waals surface area contributed by atoms with Gasteiger partial charge in [0.2, 0.25) is 0 Å². The number of aliphatic hydroxyl groups is 1. The number of aryl methyl sites for hydroxylation is 1. The van der Waals surface area contributed by atoms with Gasteiger partial charge in [-0.15, -0.1) is 0 Å². The van der Waals surface area contributed by atoms with E-state index >= 15 is 0 Å². The number of aromatic nitrogens is 2. The largest absolute Gasteiger partial charge is 0.493 e. The summed E-state index contributed by atoms with van der Waals surface area (Å²) in [5, 5.41) is 13.7. The molecule has 0 amide bonds. The maximum atomic E-state index is 13.0. The summed E-state index contributed by atoms with van der Waals surface area (Å²) >= 11 is 0. The predicted molar refractivity (Wildman–Crippen MR) is 111 cm³/mol. The van der Waals surface area contributed by atoms with Crippen molar-refractivity contribution in [2.45, 2.75) is 39.1 Å². The highest BCUT2D eigenvalue weighted by Gasteiger charge is 2.30. The Morgan fingerprint density at radius 2 is 1.81 bits per heavy atom. The van der Waals surface area contributed by atoms with Crippen LogP contribution >= 0.6 is 0 Å². The lowest BCUT2D eigenvalue weighted by atomic mass is 10.1. The number of nitrogens with zero attached hydrogens (tertiary/aromatic N) is 2. The molecule has 0 atom stereocenters. The van der Waals surface area contributed by atoms with Gasteiger partial charge in [-0.05, 0) is 44.5 Å². The Morgan fingerprint density at radius 1 is 1.06 bits per heavy atom. The zero-order valence-electron chi connectivity index (χ0n) is 17.7. The van der Waals surface area contributed by atoms with Crippen molar-refractivity contribution >= 4 is 16.7 Å². The smallest absolute Gasteiger partial charge is 0.416 e. The highest BCUT2D eigenvalue weighted by Crippen LogP contribution is 2.35. The first kappa shape index (κ1) is 22.6. The van der Waals surface area contributed by atoms with Crippen LogP contribution < -0.4 is 14.8 Å². The molecule has 3 aromatic rings. The molecule has 0 unspecified atom stereocenters. The number of anilines is 1. The number of nitrogens with one attached hydrogen (secondary N) is 1. The normalized spacial score (nSPS) is 12.1. The van der Waals surface area contributed by atoms with Gasteiger partial charge in [0.05, 0.1) is 23.8 Å². The van der Waals surface area contributed by atoms with Gasteiger partial charge in [0.15, 0.2) is 11.5 Å². The molecule has 2 N–H and O–H groups in total. The first-order chi connectivity index (χ1) is 14.5. The van der Waals surface area contributed by atoms with Gasteiger partial charge < -0.3 is 19.9 Å². The topological polar surface area (TPSA) is 76.5 Å². The molecule has 0 aliphatic carbocycles. The van der Waals surface area contributed by atoms with E-state index in [-0.39, 0.29) is 13.2 Å². The summed E-state index contributed by atoms with van der Waals surface area (Å²) in [6.45, 7) is 5.14. The molecule has 166 valence electrons. The van der Waals surface area contributed by atoms with Gasteiger partial charge in [-0.25, -0.2) is 9.97 Å². The van der Waals surface area contributed by atoms with Crippen molar-refractivity contribution in [3.63, 3.8) is 0 Å². The molecule has 1 heterocycles. The molecule has 2 aromatic carbocycles. The van der Waals surface area contributed by atoms with Gasteiger partial charge >= 0.3 is 6.18 Å². The Hall–Kier alpha value is -3.07. The fourth-order valence-electron chi connectivity index (χ4n) is 2.96. The summed E-state index contributed by atoms with van der Waals surface area (Å²) < 4.78 is 50.0. The van der Waals surface area contributed by atoms with E-state index in [2.05, 4.69) is 15.3 Å². The van der Waals surface area contributed by atoms with Gasteiger partial charge in [-0.2, -0.15) is 13.2 Å². The Morgan fingerprint density at radius 3 is 2.45 bits per heavy atom. The maximum absolute atomic E-state index is 13.0. The molecular weight excluding hydrogens is 411 g/mol. The van der Waals surface area contributed by atoms with E-state index in [1.54, 1.807) is 39.0 Å². The molecule has 1 aromatic heterocycles. The second-order valence-corrected chi connectivity index (χ2v) is 7.79. The highest BCUT2D eigenvalue weighted by molar-refractivity contribution is 5.91. The number of benzene rings is 2. The second-order valence-electron chi connectivity index (χ2n) is 7.79. The minimum atomic E-state index is -4.41. The maximum Gasteiger partial charge on any atom is 0.416 e. The molecule has 0 saturated heterocycles. The monoisotopic (exact) mass is 435 g/mol. The van der Waals surface area contributed by atoms with Crippen molar-refractivity contribution in [2.75, 3.05) is 19.0 Å². The van der Waals surface area contributed by atoms with Gasteiger partial charge in [0, 0.05) is 18.0 Å². The van der Waals surface area contributed by atoms with Crippen LogP contribution in [0.3, 0.4) is 0 Å². The third-order valence-corrected chi connectivity index (χ3v) is 4.39. The fraction of sp³-hybridized carbons (Fsp3) is 0.364.